The summed E-state index contributed by atoms with van der Waals surface area (Å²) in [5.41, 5.74) is 0. The molecule has 5 nitrogen and oxygen atoms in total. The van der Waals surface area contributed by atoms with E-state index in [2.05, 4.69) is 12.2 Å². The summed E-state index contributed by atoms with van der Waals surface area (Å²) in [6.45, 7) is 6.38. The number of rotatable bonds is 5. The summed E-state index contributed by atoms with van der Waals surface area (Å²) in [6.07, 6.45) is 6.47. The molecule has 2 saturated heterocycles. The van der Waals surface area contributed by atoms with E-state index >= 15 is 0 Å². The molecule has 1 aliphatic carbocycles. The summed E-state index contributed by atoms with van der Waals surface area (Å²) in [6, 6.07) is 0.280. The molecule has 0 amide bonds. The lowest BCUT2D eigenvalue weighted by atomic mass is 9.98. The van der Waals surface area contributed by atoms with Crippen molar-refractivity contribution in [3.05, 3.63) is 0 Å². The molecular weight excluding hydrogens is 286 g/mol. The van der Waals surface area contributed by atoms with Crippen molar-refractivity contribution in [2.75, 3.05) is 32.7 Å². The van der Waals surface area contributed by atoms with Crippen molar-refractivity contribution in [3.63, 3.8) is 0 Å². The topological polar surface area (TPSA) is 52.7 Å². The first-order chi connectivity index (χ1) is 10.1. The Bertz CT molecular complexity index is 444. The van der Waals surface area contributed by atoms with Crippen LogP contribution in [0, 0.1) is 11.8 Å². The SMILES string of the molecule is CC1CCCN(S(=O)(=O)N(CC2CCNCC2)C2CC2)C1. The normalized spacial score (nSPS) is 29.9. The Morgan fingerprint density at radius 3 is 2.48 bits per heavy atom. The highest BCUT2D eigenvalue weighted by Crippen LogP contribution is 2.33. The number of nitrogens with one attached hydrogen (secondary N) is 1. The molecule has 2 aliphatic heterocycles. The molecule has 6 heteroatoms. The molecule has 0 aromatic rings. The second kappa shape index (κ2) is 6.52. The second-order valence-electron chi connectivity index (χ2n) is 7.11. The number of hydrogen-bond donors (Lipinski definition) is 1. The summed E-state index contributed by atoms with van der Waals surface area (Å²) in [5, 5.41) is 3.36. The first-order valence-corrected chi connectivity index (χ1v) is 9.94. The highest BCUT2D eigenvalue weighted by Gasteiger charge is 2.42. The van der Waals surface area contributed by atoms with Gasteiger partial charge >= 0.3 is 0 Å². The monoisotopic (exact) mass is 315 g/mol. The average Bonchev–Trinajstić information content (AvgIpc) is 3.30. The molecule has 0 aromatic carbocycles. The largest absolute Gasteiger partial charge is 0.317 e. The lowest BCUT2D eigenvalue weighted by Gasteiger charge is -2.36. The van der Waals surface area contributed by atoms with E-state index in [9.17, 15) is 8.42 Å². The molecule has 0 aromatic heterocycles. The zero-order chi connectivity index (χ0) is 14.9. The Balaban J connectivity index is 1.69. The maximum atomic E-state index is 13.0. The third kappa shape index (κ3) is 3.78. The van der Waals surface area contributed by atoms with Crippen LogP contribution in [0.5, 0.6) is 0 Å². The van der Waals surface area contributed by atoms with Crippen molar-refractivity contribution in [3.8, 4) is 0 Å². The highest BCUT2D eigenvalue weighted by molar-refractivity contribution is 7.86. The van der Waals surface area contributed by atoms with Gasteiger partial charge in [0.25, 0.3) is 10.2 Å². The van der Waals surface area contributed by atoms with Crippen LogP contribution in [0.25, 0.3) is 0 Å². The summed E-state index contributed by atoms with van der Waals surface area (Å²) >= 11 is 0. The zero-order valence-corrected chi connectivity index (χ0v) is 13.9. The molecule has 0 radical (unpaired) electrons. The van der Waals surface area contributed by atoms with Crippen molar-refractivity contribution >= 4 is 10.2 Å². The van der Waals surface area contributed by atoms with Crippen LogP contribution in [-0.4, -0.2) is 55.8 Å². The molecule has 2 heterocycles. The minimum Gasteiger partial charge on any atom is -0.317 e. The van der Waals surface area contributed by atoms with E-state index < -0.39 is 10.2 Å². The van der Waals surface area contributed by atoms with Crippen molar-refractivity contribution in [1.29, 1.82) is 0 Å². The van der Waals surface area contributed by atoms with Gasteiger partial charge in [-0.05, 0) is 63.5 Å². The molecule has 1 atom stereocenters. The van der Waals surface area contributed by atoms with Gasteiger partial charge in [0.15, 0.2) is 0 Å². The lowest BCUT2D eigenvalue weighted by molar-refractivity contribution is 0.234. The average molecular weight is 315 g/mol. The van der Waals surface area contributed by atoms with E-state index in [4.69, 9.17) is 0 Å². The van der Waals surface area contributed by atoms with Crippen molar-refractivity contribution < 1.29 is 8.42 Å². The highest BCUT2D eigenvalue weighted by atomic mass is 32.2. The van der Waals surface area contributed by atoms with E-state index in [1.54, 1.807) is 4.31 Å². The minimum atomic E-state index is -3.25. The fraction of sp³-hybridized carbons (Fsp3) is 1.00. The van der Waals surface area contributed by atoms with E-state index in [1.807, 2.05) is 4.31 Å². The Morgan fingerprint density at radius 1 is 1.14 bits per heavy atom. The van der Waals surface area contributed by atoms with Gasteiger partial charge in [0, 0.05) is 25.7 Å². The lowest BCUT2D eigenvalue weighted by Crippen LogP contribution is -2.50. The quantitative estimate of drug-likeness (QED) is 0.835. The summed E-state index contributed by atoms with van der Waals surface area (Å²) in [4.78, 5) is 0. The third-order valence-electron chi connectivity index (χ3n) is 5.09. The number of piperidine rings is 2. The van der Waals surface area contributed by atoms with Gasteiger partial charge in [-0.25, -0.2) is 0 Å². The predicted octanol–water partition coefficient (Wildman–Crippen LogP) is 1.43. The van der Waals surface area contributed by atoms with Gasteiger partial charge in [-0.1, -0.05) is 6.92 Å². The molecule has 1 unspecified atom stereocenters. The molecule has 21 heavy (non-hydrogen) atoms. The molecule has 122 valence electrons. The molecule has 1 saturated carbocycles. The minimum absolute atomic E-state index is 0.280. The summed E-state index contributed by atoms with van der Waals surface area (Å²) in [7, 11) is -3.25. The van der Waals surface area contributed by atoms with Crippen molar-refractivity contribution in [2.45, 2.75) is 51.5 Å². The molecule has 0 bridgehead atoms. The van der Waals surface area contributed by atoms with Crippen LogP contribution in [0.2, 0.25) is 0 Å². The van der Waals surface area contributed by atoms with Gasteiger partial charge in [-0.2, -0.15) is 17.0 Å². The summed E-state index contributed by atoms with van der Waals surface area (Å²) in [5.74, 6) is 1.03. The van der Waals surface area contributed by atoms with Gasteiger partial charge in [-0.15, -0.1) is 0 Å². The van der Waals surface area contributed by atoms with Crippen LogP contribution >= 0.6 is 0 Å². The van der Waals surface area contributed by atoms with Gasteiger partial charge in [0.05, 0.1) is 0 Å². The maximum absolute atomic E-state index is 13.0. The van der Waals surface area contributed by atoms with E-state index in [-0.39, 0.29) is 6.04 Å². The van der Waals surface area contributed by atoms with Crippen LogP contribution in [0.1, 0.15) is 45.4 Å². The first kappa shape index (κ1) is 15.7. The van der Waals surface area contributed by atoms with Crippen molar-refractivity contribution in [1.82, 2.24) is 13.9 Å². The van der Waals surface area contributed by atoms with Crippen LogP contribution in [0.15, 0.2) is 0 Å². The van der Waals surface area contributed by atoms with Gasteiger partial charge < -0.3 is 5.32 Å². The molecule has 1 N–H and O–H groups in total. The molecule has 3 aliphatic rings. The molecular formula is C15H29N3O2S. The zero-order valence-electron chi connectivity index (χ0n) is 13.1. The van der Waals surface area contributed by atoms with Crippen LogP contribution in [-0.2, 0) is 10.2 Å². The van der Waals surface area contributed by atoms with Gasteiger partial charge in [0.1, 0.15) is 0 Å². The van der Waals surface area contributed by atoms with Gasteiger partial charge in [0.2, 0.25) is 0 Å². The Morgan fingerprint density at radius 2 is 1.86 bits per heavy atom. The fourth-order valence-corrected chi connectivity index (χ4v) is 5.70. The Kier molecular flexibility index (Phi) is 4.88. The fourth-order valence-electron chi connectivity index (χ4n) is 3.62. The second-order valence-corrected chi connectivity index (χ2v) is 8.99. The van der Waals surface area contributed by atoms with Gasteiger partial charge in [-0.3, -0.25) is 0 Å². The standard InChI is InChI=1S/C15H29N3O2S/c1-13-3-2-10-17(11-13)21(19,20)18(15-4-5-15)12-14-6-8-16-9-7-14/h13-16H,2-12H2,1H3. The smallest absolute Gasteiger partial charge is 0.282 e. The number of hydrogen-bond acceptors (Lipinski definition) is 3. The molecule has 3 fully saturated rings. The third-order valence-corrected chi connectivity index (χ3v) is 7.12. The maximum Gasteiger partial charge on any atom is 0.282 e. The number of nitrogens with zero attached hydrogens (tertiary/aromatic N) is 2. The van der Waals surface area contributed by atoms with Crippen LogP contribution in [0.3, 0.4) is 0 Å². The Hall–Kier alpha value is -0.170. The van der Waals surface area contributed by atoms with Crippen molar-refractivity contribution in [2.24, 2.45) is 11.8 Å². The summed E-state index contributed by atoms with van der Waals surface area (Å²) < 4.78 is 29.6. The van der Waals surface area contributed by atoms with E-state index in [0.29, 0.717) is 24.9 Å². The predicted molar refractivity (Wildman–Crippen MR) is 84.2 cm³/mol. The molecule has 0 spiro atoms. The van der Waals surface area contributed by atoms with E-state index in [0.717, 1.165) is 58.2 Å². The van der Waals surface area contributed by atoms with Crippen LogP contribution < -0.4 is 5.32 Å². The van der Waals surface area contributed by atoms with Crippen LogP contribution in [0.4, 0.5) is 0 Å². The Labute approximate surface area is 129 Å². The molecule has 3 rings (SSSR count). The van der Waals surface area contributed by atoms with E-state index in [1.165, 1.54) is 0 Å². The first-order valence-electron chi connectivity index (χ1n) is 8.55.